The maximum atomic E-state index is 5.82. The van der Waals surface area contributed by atoms with E-state index in [-0.39, 0.29) is 0 Å². The van der Waals surface area contributed by atoms with Crippen molar-refractivity contribution < 1.29 is 0 Å². The van der Waals surface area contributed by atoms with Crippen molar-refractivity contribution in [2.75, 3.05) is 43.9 Å². The molecule has 3 N–H and O–H groups in total. The largest absolute Gasteiger partial charge is 0.384 e. The van der Waals surface area contributed by atoms with Gasteiger partial charge < -0.3 is 15.5 Å². The Morgan fingerprint density at radius 3 is 2.45 bits per heavy atom. The molecule has 1 saturated heterocycles. The van der Waals surface area contributed by atoms with Gasteiger partial charge in [-0.2, -0.15) is 5.10 Å². The van der Waals surface area contributed by atoms with Crippen LogP contribution in [0.5, 0.6) is 0 Å². The van der Waals surface area contributed by atoms with Gasteiger partial charge in [0.25, 0.3) is 0 Å². The molecule has 0 radical (unpaired) electrons. The Morgan fingerprint density at radius 2 is 1.68 bits per heavy atom. The smallest absolute Gasteiger partial charge is 0.123 e. The second-order valence-corrected chi connectivity index (χ2v) is 8.05. The first-order valence-corrected chi connectivity index (χ1v) is 10.6. The average molecular weight is 411 g/mol. The van der Waals surface area contributed by atoms with Gasteiger partial charge in [0.1, 0.15) is 5.82 Å². The Morgan fingerprint density at radius 1 is 0.903 bits per heavy atom. The minimum absolute atomic E-state index is 0.518. The van der Waals surface area contributed by atoms with Crippen LogP contribution in [0.1, 0.15) is 11.3 Å². The van der Waals surface area contributed by atoms with Crippen LogP contribution >= 0.6 is 0 Å². The fourth-order valence-electron chi connectivity index (χ4n) is 4.01. The number of hydrogen-bond donors (Lipinski definition) is 2. The van der Waals surface area contributed by atoms with Gasteiger partial charge in [-0.05, 0) is 66.2 Å². The normalized spacial score (nSPS) is 15.2. The van der Waals surface area contributed by atoms with Gasteiger partial charge in [-0.3, -0.25) is 5.10 Å². The van der Waals surface area contributed by atoms with Gasteiger partial charge in [0.05, 0.1) is 11.2 Å². The van der Waals surface area contributed by atoms with Gasteiger partial charge >= 0.3 is 0 Å². The first-order chi connectivity index (χ1) is 15.2. The Bertz CT molecular complexity index is 1220. The summed E-state index contributed by atoms with van der Waals surface area (Å²) >= 11 is 0. The first-order valence-electron chi connectivity index (χ1n) is 10.6. The average Bonchev–Trinajstić information content (AvgIpc) is 3.21. The molecule has 1 aliphatic rings. The first kappa shape index (κ1) is 19.3. The molecular formula is C25H26N6. The topological polar surface area (TPSA) is 74.1 Å². The van der Waals surface area contributed by atoms with Crippen molar-refractivity contribution >= 4 is 34.6 Å². The van der Waals surface area contributed by atoms with Gasteiger partial charge in [-0.25, -0.2) is 4.98 Å². The number of aromatic nitrogens is 3. The monoisotopic (exact) mass is 410 g/mol. The van der Waals surface area contributed by atoms with Crippen molar-refractivity contribution in [1.29, 1.82) is 0 Å². The molecule has 6 nitrogen and oxygen atoms in total. The molecule has 0 unspecified atom stereocenters. The predicted octanol–water partition coefficient (Wildman–Crippen LogP) is 4.13. The Balaban J connectivity index is 1.33. The van der Waals surface area contributed by atoms with Crippen LogP contribution in [0.3, 0.4) is 0 Å². The fourth-order valence-corrected chi connectivity index (χ4v) is 4.01. The highest BCUT2D eigenvalue weighted by Crippen LogP contribution is 2.26. The number of pyridine rings is 1. The van der Waals surface area contributed by atoms with E-state index < -0.39 is 0 Å². The highest BCUT2D eigenvalue weighted by atomic mass is 15.2. The number of nitrogens with zero attached hydrogens (tertiary/aromatic N) is 4. The summed E-state index contributed by atoms with van der Waals surface area (Å²) in [5, 5.41) is 8.74. The van der Waals surface area contributed by atoms with Crippen molar-refractivity contribution in [2.24, 2.45) is 0 Å². The molecule has 0 amide bonds. The lowest BCUT2D eigenvalue weighted by atomic mass is 10.0. The van der Waals surface area contributed by atoms with E-state index in [1.54, 1.807) is 6.20 Å². The summed E-state index contributed by atoms with van der Waals surface area (Å²) < 4.78 is 0. The lowest BCUT2D eigenvalue weighted by Gasteiger charge is -2.34. The van der Waals surface area contributed by atoms with E-state index in [0.717, 1.165) is 59.5 Å². The van der Waals surface area contributed by atoms with Crippen molar-refractivity contribution in [2.45, 2.75) is 0 Å². The molecule has 3 heterocycles. The van der Waals surface area contributed by atoms with Crippen LogP contribution in [0, 0.1) is 0 Å². The van der Waals surface area contributed by atoms with E-state index in [2.05, 4.69) is 86.6 Å². The van der Waals surface area contributed by atoms with Gasteiger partial charge in [-0.15, -0.1) is 0 Å². The van der Waals surface area contributed by atoms with E-state index in [0.29, 0.717) is 5.82 Å². The third-order valence-corrected chi connectivity index (χ3v) is 5.90. The van der Waals surface area contributed by atoms with Gasteiger partial charge in [0.2, 0.25) is 0 Å². The SMILES string of the molecule is CN1CCN(c2ccc(C=Cc3n[nH]c4cc(-c5ccnc(N)c5)ccc34)cc2)CC1. The number of H-pyrrole nitrogens is 1. The van der Waals surface area contributed by atoms with Gasteiger partial charge in [-0.1, -0.05) is 24.3 Å². The van der Waals surface area contributed by atoms with E-state index in [4.69, 9.17) is 5.73 Å². The number of benzene rings is 2. The number of nitrogens with two attached hydrogens (primary N) is 1. The van der Waals surface area contributed by atoms with Gasteiger partial charge in [0.15, 0.2) is 0 Å². The minimum Gasteiger partial charge on any atom is -0.384 e. The molecule has 5 rings (SSSR count). The number of nitrogen functional groups attached to an aromatic ring is 1. The summed E-state index contributed by atoms with van der Waals surface area (Å²) in [7, 11) is 2.18. The zero-order valence-electron chi connectivity index (χ0n) is 17.6. The highest BCUT2D eigenvalue weighted by Gasteiger charge is 2.13. The van der Waals surface area contributed by atoms with E-state index in [9.17, 15) is 0 Å². The molecule has 0 spiro atoms. The van der Waals surface area contributed by atoms with Crippen LogP contribution in [0.25, 0.3) is 34.2 Å². The number of anilines is 2. The third-order valence-electron chi connectivity index (χ3n) is 5.90. The van der Waals surface area contributed by atoms with Crippen molar-refractivity contribution in [1.82, 2.24) is 20.1 Å². The Kier molecular flexibility index (Phi) is 5.14. The van der Waals surface area contributed by atoms with Crippen molar-refractivity contribution in [3.05, 3.63) is 72.1 Å². The molecule has 4 aromatic rings. The molecular weight excluding hydrogens is 384 g/mol. The summed E-state index contributed by atoms with van der Waals surface area (Å²) in [6.07, 6.45) is 5.90. The van der Waals surface area contributed by atoms with Crippen LogP contribution in [-0.4, -0.2) is 53.3 Å². The molecule has 156 valence electrons. The summed E-state index contributed by atoms with van der Waals surface area (Å²) in [5.74, 6) is 0.518. The molecule has 1 aliphatic heterocycles. The number of nitrogens with one attached hydrogen (secondary N) is 1. The van der Waals surface area contributed by atoms with Crippen molar-refractivity contribution in [3.8, 4) is 11.1 Å². The van der Waals surface area contributed by atoms with Gasteiger partial charge in [0, 0.05) is 43.4 Å². The zero-order valence-corrected chi connectivity index (χ0v) is 17.6. The summed E-state index contributed by atoms with van der Waals surface area (Å²) in [6.45, 7) is 4.40. The number of hydrogen-bond acceptors (Lipinski definition) is 5. The maximum absolute atomic E-state index is 5.82. The lowest BCUT2D eigenvalue weighted by Crippen LogP contribution is -2.44. The molecule has 0 atom stereocenters. The number of fused-ring (bicyclic) bond motifs is 1. The third kappa shape index (κ3) is 4.15. The second-order valence-electron chi connectivity index (χ2n) is 8.05. The summed E-state index contributed by atoms with van der Waals surface area (Å²) in [5.41, 5.74) is 12.3. The number of likely N-dealkylation sites (N-methyl/N-ethyl adjacent to an activating group) is 1. The predicted molar refractivity (Wildman–Crippen MR) is 129 cm³/mol. The van der Waals surface area contributed by atoms with Crippen LogP contribution < -0.4 is 10.6 Å². The molecule has 2 aromatic heterocycles. The number of piperazine rings is 1. The Labute approximate surface area is 182 Å². The summed E-state index contributed by atoms with van der Waals surface area (Å²) in [6, 6.07) is 18.9. The van der Waals surface area contributed by atoms with E-state index >= 15 is 0 Å². The lowest BCUT2D eigenvalue weighted by molar-refractivity contribution is 0.313. The second kappa shape index (κ2) is 8.24. The van der Waals surface area contributed by atoms with Crippen LogP contribution in [0.2, 0.25) is 0 Å². The van der Waals surface area contributed by atoms with Crippen LogP contribution in [-0.2, 0) is 0 Å². The maximum Gasteiger partial charge on any atom is 0.123 e. The molecule has 31 heavy (non-hydrogen) atoms. The fraction of sp³-hybridized carbons (Fsp3) is 0.200. The number of rotatable bonds is 4. The zero-order chi connectivity index (χ0) is 21.2. The van der Waals surface area contributed by atoms with Crippen molar-refractivity contribution in [3.63, 3.8) is 0 Å². The quantitative estimate of drug-likeness (QED) is 0.529. The standard InChI is InChI=1S/C25H26N6/c1-30-12-14-31(15-13-30)21-6-2-18(3-7-21)4-9-23-22-8-5-19(16-24(22)29-28-23)20-10-11-27-25(26)17-20/h2-11,16-17H,12-15H2,1H3,(H2,26,27)(H,28,29). The number of aromatic amines is 1. The van der Waals surface area contributed by atoms with E-state index in [1.165, 1.54) is 5.69 Å². The molecule has 0 saturated carbocycles. The van der Waals surface area contributed by atoms with E-state index in [1.807, 2.05) is 12.1 Å². The molecule has 0 bridgehead atoms. The molecule has 0 aliphatic carbocycles. The van der Waals surface area contributed by atoms with Crippen LogP contribution in [0.15, 0.2) is 60.8 Å². The summed E-state index contributed by atoms with van der Waals surface area (Å²) in [4.78, 5) is 8.88. The molecule has 2 aromatic carbocycles. The Hall–Kier alpha value is -3.64. The highest BCUT2D eigenvalue weighted by molar-refractivity contribution is 5.92. The van der Waals surface area contributed by atoms with Crippen LogP contribution in [0.4, 0.5) is 11.5 Å². The minimum atomic E-state index is 0.518. The molecule has 1 fully saturated rings. The molecule has 6 heteroatoms.